The van der Waals surface area contributed by atoms with Gasteiger partial charge >= 0.3 is 6.18 Å². The van der Waals surface area contributed by atoms with E-state index in [9.17, 15) is 18.0 Å². The third kappa shape index (κ3) is 2.47. The molecular formula is C12H12F3N5OS. The first-order valence-corrected chi connectivity index (χ1v) is 7.31. The quantitative estimate of drug-likeness (QED) is 0.802. The number of thiazole rings is 1. The Balaban J connectivity index is 1.85. The average Bonchev–Trinajstić information content (AvgIpc) is 2.99. The normalized spacial score (nSPS) is 15.0. The van der Waals surface area contributed by atoms with Crippen LogP contribution < -0.4 is 0 Å². The van der Waals surface area contributed by atoms with Crippen molar-refractivity contribution < 1.29 is 18.0 Å². The van der Waals surface area contributed by atoms with Crippen LogP contribution in [0.2, 0.25) is 0 Å². The van der Waals surface area contributed by atoms with Crippen molar-refractivity contribution in [1.29, 1.82) is 0 Å². The molecule has 0 spiro atoms. The van der Waals surface area contributed by atoms with Gasteiger partial charge in [0.25, 0.3) is 5.91 Å². The number of halogens is 3. The molecule has 0 atom stereocenters. The maximum absolute atomic E-state index is 12.8. The fraction of sp³-hybridized carbons (Fsp3) is 0.500. The lowest BCUT2D eigenvalue weighted by molar-refractivity contribution is -0.147. The van der Waals surface area contributed by atoms with E-state index < -0.39 is 12.0 Å². The summed E-state index contributed by atoms with van der Waals surface area (Å²) in [5.74, 6) is -1.10. The second kappa shape index (κ2) is 5.04. The van der Waals surface area contributed by atoms with Gasteiger partial charge in [0.15, 0.2) is 5.82 Å². The first-order valence-electron chi connectivity index (χ1n) is 6.50. The Morgan fingerprint density at radius 3 is 2.55 bits per heavy atom. The lowest BCUT2D eigenvalue weighted by atomic mass is 10.3. The molecule has 1 amide bonds. The second-order valence-electron chi connectivity index (χ2n) is 4.96. The molecule has 0 saturated heterocycles. The first kappa shape index (κ1) is 14.9. The number of hydrogen-bond donors (Lipinski definition) is 0. The molecule has 10 heteroatoms. The number of hydrogen-bond acceptors (Lipinski definition) is 5. The Labute approximate surface area is 127 Å². The molecule has 6 nitrogen and oxygen atoms in total. The predicted octanol–water partition coefficient (Wildman–Crippen LogP) is 2.03. The van der Waals surface area contributed by atoms with Gasteiger partial charge in [0, 0.05) is 13.1 Å². The molecule has 118 valence electrons. The molecule has 2 aromatic rings. The van der Waals surface area contributed by atoms with Crippen molar-refractivity contribution in [2.75, 3.05) is 6.54 Å². The van der Waals surface area contributed by atoms with Crippen molar-refractivity contribution in [2.45, 2.75) is 33.1 Å². The number of aromatic nitrogens is 4. The number of rotatable bonds is 1. The van der Waals surface area contributed by atoms with Crippen LogP contribution in [0.1, 0.15) is 32.0 Å². The number of alkyl halides is 3. The number of carbonyl (C=O) groups excluding carboxylic acids is 1. The zero-order valence-corrected chi connectivity index (χ0v) is 12.6. The van der Waals surface area contributed by atoms with Gasteiger partial charge in [-0.3, -0.25) is 4.79 Å². The molecule has 0 saturated carbocycles. The largest absolute Gasteiger partial charge is 0.451 e. The van der Waals surface area contributed by atoms with E-state index in [0.717, 1.165) is 9.57 Å². The molecule has 1 aliphatic rings. The summed E-state index contributed by atoms with van der Waals surface area (Å²) in [6.07, 6.45) is -4.54. The average molecular weight is 331 g/mol. The number of fused-ring (bicyclic) bond motifs is 1. The fourth-order valence-electron chi connectivity index (χ4n) is 2.41. The van der Waals surface area contributed by atoms with Gasteiger partial charge in [-0.2, -0.15) is 13.2 Å². The molecule has 0 bridgehead atoms. The van der Waals surface area contributed by atoms with Crippen molar-refractivity contribution in [2.24, 2.45) is 0 Å². The van der Waals surface area contributed by atoms with E-state index in [4.69, 9.17) is 0 Å². The Morgan fingerprint density at radius 1 is 1.23 bits per heavy atom. The van der Waals surface area contributed by atoms with Crippen molar-refractivity contribution in [3.63, 3.8) is 0 Å². The summed E-state index contributed by atoms with van der Waals surface area (Å²) in [5.41, 5.74) is 0.635. The Kier molecular flexibility index (Phi) is 3.42. The van der Waals surface area contributed by atoms with Crippen molar-refractivity contribution in [3.05, 3.63) is 27.2 Å². The van der Waals surface area contributed by atoms with Crippen LogP contribution in [0.5, 0.6) is 0 Å². The number of carbonyl (C=O) groups is 1. The van der Waals surface area contributed by atoms with Crippen LogP contribution in [0.15, 0.2) is 0 Å². The molecule has 2 aromatic heterocycles. The third-order valence-electron chi connectivity index (χ3n) is 3.39. The highest BCUT2D eigenvalue weighted by atomic mass is 32.1. The van der Waals surface area contributed by atoms with Gasteiger partial charge in [0.2, 0.25) is 5.82 Å². The summed E-state index contributed by atoms with van der Waals surface area (Å²) in [4.78, 5) is 18.7. The van der Waals surface area contributed by atoms with E-state index in [1.807, 2.05) is 0 Å². The van der Waals surface area contributed by atoms with Crippen LogP contribution in [0.3, 0.4) is 0 Å². The summed E-state index contributed by atoms with van der Waals surface area (Å²) >= 11 is 1.28. The Morgan fingerprint density at radius 2 is 1.95 bits per heavy atom. The molecule has 0 unspecified atom stereocenters. The lowest BCUT2D eigenvalue weighted by Crippen LogP contribution is -2.39. The molecule has 3 heterocycles. The molecule has 22 heavy (non-hydrogen) atoms. The van der Waals surface area contributed by atoms with E-state index in [2.05, 4.69) is 15.2 Å². The minimum Gasteiger partial charge on any atom is -0.329 e. The molecule has 0 fully saturated rings. The van der Waals surface area contributed by atoms with E-state index in [-0.39, 0.29) is 31.4 Å². The molecule has 0 aromatic carbocycles. The summed E-state index contributed by atoms with van der Waals surface area (Å²) < 4.78 is 39.3. The molecular weight excluding hydrogens is 319 g/mol. The van der Waals surface area contributed by atoms with Crippen LogP contribution in [0.4, 0.5) is 13.2 Å². The molecule has 0 radical (unpaired) electrons. The predicted molar refractivity (Wildman–Crippen MR) is 71.4 cm³/mol. The van der Waals surface area contributed by atoms with Crippen LogP contribution in [0.25, 0.3) is 0 Å². The lowest BCUT2D eigenvalue weighted by Gasteiger charge is -2.27. The first-order chi connectivity index (χ1) is 10.3. The minimum absolute atomic E-state index is 0.0122. The van der Waals surface area contributed by atoms with E-state index in [1.165, 1.54) is 16.2 Å². The van der Waals surface area contributed by atoms with Crippen LogP contribution in [-0.2, 0) is 19.3 Å². The SMILES string of the molecule is Cc1nc(C)c(C(=O)N2CCn3c(nnc3C(F)(F)F)C2)s1. The topological polar surface area (TPSA) is 63.9 Å². The highest BCUT2D eigenvalue weighted by Crippen LogP contribution is 2.30. The zero-order valence-electron chi connectivity index (χ0n) is 11.8. The molecule has 3 rings (SSSR count). The zero-order chi connectivity index (χ0) is 16.1. The Hall–Kier alpha value is -1.97. The smallest absolute Gasteiger partial charge is 0.329 e. The van der Waals surface area contributed by atoms with Crippen molar-refractivity contribution in [3.8, 4) is 0 Å². The van der Waals surface area contributed by atoms with Crippen molar-refractivity contribution >= 4 is 17.2 Å². The van der Waals surface area contributed by atoms with E-state index in [1.54, 1.807) is 13.8 Å². The van der Waals surface area contributed by atoms with Crippen LogP contribution >= 0.6 is 11.3 Å². The fourth-order valence-corrected chi connectivity index (χ4v) is 3.30. The Bertz CT molecular complexity index is 736. The standard InChI is InChI=1S/C12H12F3N5OS/c1-6-9(22-7(2)16-6)10(21)19-3-4-20-8(5-19)17-18-11(20)12(13,14)15/h3-5H2,1-2H3. The van der Waals surface area contributed by atoms with Gasteiger partial charge in [-0.15, -0.1) is 21.5 Å². The molecule has 0 aliphatic carbocycles. The van der Waals surface area contributed by atoms with Crippen molar-refractivity contribution in [1.82, 2.24) is 24.6 Å². The monoisotopic (exact) mass is 331 g/mol. The molecule has 0 N–H and O–H groups in total. The van der Waals surface area contributed by atoms with Gasteiger partial charge in [-0.05, 0) is 13.8 Å². The van der Waals surface area contributed by atoms with Gasteiger partial charge < -0.3 is 9.47 Å². The van der Waals surface area contributed by atoms with Gasteiger partial charge in [-0.1, -0.05) is 0 Å². The number of amides is 1. The second-order valence-corrected chi connectivity index (χ2v) is 6.17. The van der Waals surface area contributed by atoms with Gasteiger partial charge in [-0.25, -0.2) is 4.98 Å². The highest BCUT2D eigenvalue weighted by Gasteiger charge is 2.40. The van der Waals surface area contributed by atoms with Crippen LogP contribution in [-0.4, -0.2) is 37.1 Å². The van der Waals surface area contributed by atoms with E-state index >= 15 is 0 Å². The number of nitrogens with zero attached hydrogens (tertiary/aromatic N) is 5. The third-order valence-corrected chi connectivity index (χ3v) is 4.45. The maximum atomic E-state index is 12.8. The summed E-state index contributed by atoms with van der Waals surface area (Å²) in [5, 5.41) is 7.54. The van der Waals surface area contributed by atoms with Gasteiger partial charge in [0.1, 0.15) is 4.88 Å². The molecule has 1 aliphatic heterocycles. The van der Waals surface area contributed by atoms with E-state index in [0.29, 0.717) is 10.6 Å². The summed E-state index contributed by atoms with van der Waals surface area (Å²) in [6, 6.07) is 0. The maximum Gasteiger partial charge on any atom is 0.451 e. The van der Waals surface area contributed by atoms with Gasteiger partial charge in [0.05, 0.1) is 17.2 Å². The van der Waals surface area contributed by atoms with Crippen LogP contribution in [0, 0.1) is 13.8 Å². The summed E-state index contributed by atoms with van der Waals surface area (Å²) in [6.45, 7) is 3.77. The number of aryl methyl sites for hydroxylation is 2. The minimum atomic E-state index is -4.54. The summed E-state index contributed by atoms with van der Waals surface area (Å²) in [7, 11) is 0. The highest BCUT2D eigenvalue weighted by molar-refractivity contribution is 7.13.